The molecule has 0 saturated heterocycles. The Kier molecular flexibility index (Phi) is 6.52. The molecule has 0 aliphatic heterocycles. The minimum atomic E-state index is -4.67. The van der Waals surface area contributed by atoms with Crippen molar-refractivity contribution in [1.29, 1.82) is 0 Å². The van der Waals surface area contributed by atoms with Gasteiger partial charge in [-0.05, 0) is 76.0 Å². The van der Waals surface area contributed by atoms with Gasteiger partial charge >= 0.3 is 6.18 Å². The number of carbonyl (C=O) groups is 1. The van der Waals surface area contributed by atoms with Crippen LogP contribution in [0.2, 0.25) is 0 Å². The van der Waals surface area contributed by atoms with Crippen molar-refractivity contribution < 1.29 is 26.4 Å². The molecule has 0 aromatic carbocycles. The minimum absolute atomic E-state index is 0.00144. The molecule has 4 rings (SSSR count). The van der Waals surface area contributed by atoms with Gasteiger partial charge in [0.1, 0.15) is 0 Å². The van der Waals surface area contributed by atoms with Crippen LogP contribution in [0.1, 0.15) is 85.4 Å². The lowest BCUT2D eigenvalue weighted by atomic mass is 9.70. The third-order valence-corrected chi connectivity index (χ3v) is 9.88. The van der Waals surface area contributed by atoms with Crippen LogP contribution in [0.15, 0.2) is 0 Å². The van der Waals surface area contributed by atoms with Crippen molar-refractivity contribution in [2.75, 3.05) is 12.3 Å². The van der Waals surface area contributed by atoms with Crippen LogP contribution in [0, 0.1) is 31.1 Å². The van der Waals surface area contributed by atoms with E-state index in [1.165, 1.54) is 13.8 Å². The average Bonchev–Trinajstić information content (AvgIpc) is 3.63. The molecule has 1 aromatic heterocycles. The third-order valence-electron chi connectivity index (χ3n) is 7.46. The maximum Gasteiger partial charge on any atom is 0.451 e. The van der Waals surface area contributed by atoms with Gasteiger partial charge in [0.05, 0.1) is 28.0 Å². The van der Waals surface area contributed by atoms with E-state index < -0.39 is 27.7 Å². The fourth-order valence-electron chi connectivity index (χ4n) is 5.23. The Morgan fingerprint density at radius 3 is 2.03 bits per heavy atom. The molecule has 6 nitrogen and oxygen atoms in total. The molecule has 10 heteroatoms. The van der Waals surface area contributed by atoms with Crippen LogP contribution in [0.3, 0.4) is 0 Å². The maximum atomic E-state index is 13.0. The van der Waals surface area contributed by atoms with Gasteiger partial charge < -0.3 is 5.32 Å². The SMILES string of the molecule is Cc1nc(C(F)(F)F)nc(C)c1C(=O)NCC1(CC2CC2)CCC(S(=O)(=O)CC2CC2)CC1. The van der Waals surface area contributed by atoms with Gasteiger partial charge in [0.15, 0.2) is 9.84 Å². The van der Waals surface area contributed by atoms with Gasteiger partial charge in [0, 0.05) is 6.54 Å². The number of halogens is 3. The minimum Gasteiger partial charge on any atom is -0.351 e. The summed E-state index contributed by atoms with van der Waals surface area (Å²) in [5, 5.41) is 2.63. The van der Waals surface area contributed by atoms with Gasteiger partial charge in [-0.25, -0.2) is 18.4 Å². The Morgan fingerprint density at radius 2 is 1.55 bits per heavy atom. The first-order valence-electron chi connectivity index (χ1n) is 11.8. The van der Waals surface area contributed by atoms with Crippen molar-refractivity contribution in [2.24, 2.45) is 17.3 Å². The topological polar surface area (TPSA) is 89.0 Å². The highest BCUT2D eigenvalue weighted by molar-refractivity contribution is 7.92. The second-order valence-corrected chi connectivity index (χ2v) is 12.7. The van der Waals surface area contributed by atoms with E-state index >= 15 is 0 Å². The van der Waals surface area contributed by atoms with Gasteiger partial charge in [-0.2, -0.15) is 13.2 Å². The number of sulfone groups is 1. The van der Waals surface area contributed by atoms with Crippen molar-refractivity contribution in [3.8, 4) is 0 Å². The van der Waals surface area contributed by atoms with Crippen LogP contribution in [-0.4, -0.2) is 41.8 Å². The number of amides is 1. The number of aryl methyl sites for hydroxylation is 2. The molecule has 3 fully saturated rings. The summed E-state index contributed by atoms with van der Waals surface area (Å²) in [6, 6.07) is 0. The molecule has 33 heavy (non-hydrogen) atoms. The summed E-state index contributed by atoms with van der Waals surface area (Å²) in [5.41, 5.74) is -0.0982. The van der Waals surface area contributed by atoms with Crippen molar-refractivity contribution in [2.45, 2.75) is 83.1 Å². The van der Waals surface area contributed by atoms with E-state index in [2.05, 4.69) is 15.3 Å². The van der Waals surface area contributed by atoms with Crippen LogP contribution >= 0.6 is 0 Å². The Morgan fingerprint density at radius 1 is 1.00 bits per heavy atom. The zero-order chi connectivity index (χ0) is 24.0. The first-order valence-corrected chi connectivity index (χ1v) is 13.5. The molecule has 0 unspecified atom stereocenters. The summed E-state index contributed by atoms with van der Waals surface area (Å²) >= 11 is 0. The van der Waals surface area contributed by atoms with E-state index in [0.717, 1.165) is 44.9 Å². The second-order valence-electron chi connectivity index (χ2n) is 10.4. The fraction of sp³-hybridized carbons (Fsp3) is 0.783. The van der Waals surface area contributed by atoms with E-state index in [4.69, 9.17) is 0 Å². The van der Waals surface area contributed by atoms with E-state index in [-0.39, 0.29) is 27.6 Å². The third kappa shape index (κ3) is 5.87. The largest absolute Gasteiger partial charge is 0.451 e. The van der Waals surface area contributed by atoms with E-state index in [0.29, 0.717) is 37.0 Å². The summed E-state index contributed by atoms with van der Waals surface area (Å²) in [4.78, 5) is 19.9. The highest BCUT2D eigenvalue weighted by Crippen LogP contribution is 2.49. The highest BCUT2D eigenvalue weighted by Gasteiger charge is 2.44. The molecular formula is C23H32F3N3O3S. The van der Waals surface area contributed by atoms with Crippen molar-refractivity contribution in [3.63, 3.8) is 0 Å². The van der Waals surface area contributed by atoms with Crippen molar-refractivity contribution in [3.05, 3.63) is 22.8 Å². The number of aromatic nitrogens is 2. The molecule has 1 N–H and O–H groups in total. The Hall–Kier alpha value is -1.71. The normalized spacial score (nSPS) is 26.3. The van der Waals surface area contributed by atoms with E-state index in [9.17, 15) is 26.4 Å². The van der Waals surface area contributed by atoms with Crippen LogP contribution in [0.25, 0.3) is 0 Å². The lowest BCUT2D eigenvalue weighted by molar-refractivity contribution is -0.145. The summed E-state index contributed by atoms with van der Waals surface area (Å²) in [7, 11) is -3.08. The summed E-state index contributed by atoms with van der Waals surface area (Å²) in [5.74, 6) is -0.470. The van der Waals surface area contributed by atoms with Gasteiger partial charge in [-0.1, -0.05) is 12.8 Å². The molecular weight excluding hydrogens is 455 g/mol. The number of rotatable bonds is 8. The predicted octanol–water partition coefficient (Wildman–Crippen LogP) is 4.40. The molecule has 0 spiro atoms. The monoisotopic (exact) mass is 487 g/mol. The second kappa shape index (κ2) is 8.82. The average molecular weight is 488 g/mol. The Bertz CT molecular complexity index is 987. The first kappa shape index (κ1) is 24.4. The van der Waals surface area contributed by atoms with Gasteiger partial charge in [0.2, 0.25) is 5.82 Å². The molecule has 0 bridgehead atoms. The van der Waals surface area contributed by atoms with Crippen molar-refractivity contribution >= 4 is 15.7 Å². The quantitative estimate of drug-likeness (QED) is 0.587. The predicted molar refractivity (Wildman–Crippen MR) is 117 cm³/mol. The highest BCUT2D eigenvalue weighted by atomic mass is 32.2. The Labute approximate surface area is 193 Å². The molecule has 3 aliphatic carbocycles. The van der Waals surface area contributed by atoms with Crippen LogP contribution in [0.4, 0.5) is 13.2 Å². The summed E-state index contributed by atoms with van der Waals surface area (Å²) in [6.07, 6.45) is 3.31. The summed E-state index contributed by atoms with van der Waals surface area (Å²) in [6.45, 7) is 3.15. The van der Waals surface area contributed by atoms with Crippen LogP contribution in [0.5, 0.6) is 0 Å². The number of carbonyl (C=O) groups excluding carboxylic acids is 1. The number of alkyl halides is 3. The number of nitrogens with zero attached hydrogens (tertiary/aromatic N) is 2. The lowest BCUT2D eigenvalue weighted by Crippen LogP contribution is -2.43. The smallest absolute Gasteiger partial charge is 0.351 e. The van der Waals surface area contributed by atoms with Crippen molar-refractivity contribution in [1.82, 2.24) is 15.3 Å². The number of hydrogen-bond acceptors (Lipinski definition) is 5. The molecule has 1 aromatic rings. The molecule has 184 valence electrons. The Balaban J connectivity index is 1.43. The molecule has 1 amide bonds. The zero-order valence-electron chi connectivity index (χ0n) is 19.2. The lowest BCUT2D eigenvalue weighted by Gasteiger charge is -2.40. The van der Waals surface area contributed by atoms with E-state index in [1.807, 2.05) is 0 Å². The molecule has 3 aliphatic rings. The first-order chi connectivity index (χ1) is 15.4. The summed E-state index contributed by atoms with van der Waals surface area (Å²) < 4.78 is 64.4. The molecule has 1 heterocycles. The van der Waals surface area contributed by atoms with Gasteiger partial charge in [0.25, 0.3) is 5.91 Å². The maximum absolute atomic E-state index is 13.0. The molecule has 3 saturated carbocycles. The number of hydrogen-bond donors (Lipinski definition) is 1. The number of nitrogens with one attached hydrogen (secondary N) is 1. The van der Waals surface area contributed by atoms with Gasteiger partial charge in [-0.15, -0.1) is 0 Å². The standard InChI is InChI=1S/C23H32F3N3O3S/c1-14-19(15(2)29-21(28-14)23(24,25)26)20(30)27-13-22(11-16-3-4-16)9-7-18(8-10-22)33(31,32)12-17-5-6-17/h16-18H,3-13H2,1-2H3,(H,27,30). The van der Waals surface area contributed by atoms with Crippen LogP contribution in [-0.2, 0) is 16.0 Å². The zero-order valence-corrected chi connectivity index (χ0v) is 20.0. The fourth-order valence-corrected chi connectivity index (χ4v) is 7.44. The van der Waals surface area contributed by atoms with E-state index in [1.54, 1.807) is 0 Å². The van der Waals surface area contributed by atoms with Gasteiger partial charge in [-0.3, -0.25) is 4.79 Å². The molecule has 0 radical (unpaired) electrons. The van der Waals surface area contributed by atoms with Crippen LogP contribution < -0.4 is 5.32 Å². The molecule has 0 atom stereocenters.